The summed E-state index contributed by atoms with van der Waals surface area (Å²) in [6.45, 7) is 1.55. The molecule has 1 aromatic carbocycles. The van der Waals surface area contributed by atoms with Crippen LogP contribution in [-0.2, 0) is 6.18 Å². The van der Waals surface area contributed by atoms with Gasteiger partial charge in [-0.15, -0.1) is 0 Å². The maximum Gasteiger partial charge on any atom is 0.417 e. The van der Waals surface area contributed by atoms with Crippen LogP contribution in [0, 0.1) is 11.3 Å². The van der Waals surface area contributed by atoms with Gasteiger partial charge in [-0.2, -0.15) is 18.4 Å². The molecule has 0 spiro atoms. The monoisotopic (exact) mass is 334 g/mol. The fraction of sp³-hybridized carbons (Fsp3) is 0.333. The lowest BCUT2D eigenvalue weighted by Gasteiger charge is -2.15. The first-order valence-corrected chi connectivity index (χ1v) is 6.09. The number of rotatable bonds is 3. The highest BCUT2D eigenvalue weighted by Crippen LogP contribution is 2.33. The zero-order valence-electron chi connectivity index (χ0n) is 9.88. The van der Waals surface area contributed by atoms with Crippen LogP contribution in [-0.4, -0.2) is 11.9 Å². The number of hydrogen-bond donors (Lipinski definition) is 1. The summed E-state index contributed by atoms with van der Waals surface area (Å²) in [5, 5.41) is 10.8. The van der Waals surface area contributed by atoms with Crippen molar-refractivity contribution in [1.29, 1.82) is 5.26 Å². The molecule has 0 saturated carbocycles. The zero-order chi connectivity index (χ0) is 14.6. The maximum absolute atomic E-state index is 12.8. The fourth-order valence-corrected chi connectivity index (χ4v) is 1.80. The van der Waals surface area contributed by atoms with Crippen LogP contribution in [0.2, 0.25) is 0 Å². The number of carbonyl (C=O) groups is 1. The van der Waals surface area contributed by atoms with E-state index in [4.69, 9.17) is 5.26 Å². The topological polar surface area (TPSA) is 52.9 Å². The van der Waals surface area contributed by atoms with Crippen molar-refractivity contribution in [2.45, 2.75) is 25.6 Å². The van der Waals surface area contributed by atoms with Gasteiger partial charge >= 0.3 is 6.18 Å². The van der Waals surface area contributed by atoms with Crippen LogP contribution in [0.4, 0.5) is 13.2 Å². The van der Waals surface area contributed by atoms with Crippen LogP contribution >= 0.6 is 15.9 Å². The third kappa shape index (κ3) is 4.24. The molecule has 1 aromatic rings. The molecule has 0 bridgehead atoms. The highest BCUT2D eigenvalue weighted by Gasteiger charge is 2.35. The molecule has 0 radical (unpaired) electrons. The molecule has 7 heteroatoms. The van der Waals surface area contributed by atoms with E-state index >= 15 is 0 Å². The number of carbonyl (C=O) groups excluding carboxylic acids is 1. The Morgan fingerprint density at radius 2 is 2.16 bits per heavy atom. The highest BCUT2D eigenvalue weighted by atomic mass is 79.9. The minimum Gasteiger partial charge on any atom is -0.349 e. The van der Waals surface area contributed by atoms with Crippen molar-refractivity contribution in [1.82, 2.24) is 5.32 Å². The molecule has 0 heterocycles. The lowest BCUT2D eigenvalue weighted by molar-refractivity contribution is -0.138. The van der Waals surface area contributed by atoms with Crippen LogP contribution < -0.4 is 5.32 Å². The van der Waals surface area contributed by atoms with Crippen LogP contribution in [0.25, 0.3) is 0 Å². The van der Waals surface area contributed by atoms with Crippen LogP contribution in [0.3, 0.4) is 0 Å². The van der Waals surface area contributed by atoms with Gasteiger partial charge in [0.2, 0.25) is 0 Å². The summed E-state index contributed by atoms with van der Waals surface area (Å²) in [4.78, 5) is 11.8. The molecule has 1 amide bonds. The van der Waals surface area contributed by atoms with Gasteiger partial charge in [-0.25, -0.2) is 0 Å². The summed E-state index contributed by atoms with van der Waals surface area (Å²) < 4.78 is 38.7. The Bertz CT molecular complexity index is 523. The van der Waals surface area contributed by atoms with Gasteiger partial charge in [0, 0.05) is 10.5 Å². The van der Waals surface area contributed by atoms with Gasteiger partial charge in [0.1, 0.15) is 0 Å². The lowest BCUT2D eigenvalue weighted by atomic mass is 10.1. The van der Waals surface area contributed by atoms with E-state index < -0.39 is 29.3 Å². The molecule has 1 rings (SSSR count). The fourth-order valence-electron chi connectivity index (χ4n) is 1.44. The third-order valence-electron chi connectivity index (χ3n) is 2.31. The van der Waals surface area contributed by atoms with Crippen molar-refractivity contribution in [2.75, 3.05) is 0 Å². The average Bonchev–Trinajstić information content (AvgIpc) is 2.27. The molecular formula is C12H10BrF3N2O. The van der Waals surface area contributed by atoms with Gasteiger partial charge in [-0.05, 0) is 25.1 Å². The minimum absolute atomic E-state index is 0.0314. The average molecular weight is 335 g/mol. The van der Waals surface area contributed by atoms with Gasteiger partial charge in [-0.3, -0.25) is 4.79 Å². The summed E-state index contributed by atoms with van der Waals surface area (Å²) in [7, 11) is 0. The first kappa shape index (κ1) is 15.5. The number of halogens is 4. The first-order valence-electron chi connectivity index (χ1n) is 5.30. The predicted octanol–water partition coefficient (Wildman–Crippen LogP) is 3.50. The largest absolute Gasteiger partial charge is 0.417 e. The molecule has 1 atom stereocenters. The predicted molar refractivity (Wildman–Crippen MR) is 66.3 cm³/mol. The summed E-state index contributed by atoms with van der Waals surface area (Å²) in [6.07, 6.45) is -4.58. The Kier molecular flexibility index (Phi) is 4.95. The second-order valence-electron chi connectivity index (χ2n) is 3.92. The molecule has 0 saturated heterocycles. The Morgan fingerprint density at radius 1 is 1.53 bits per heavy atom. The van der Waals surface area contributed by atoms with E-state index in [2.05, 4.69) is 21.2 Å². The smallest absolute Gasteiger partial charge is 0.349 e. The second-order valence-corrected chi connectivity index (χ2v) is 4.84. The molecule has 0 fully saturated rings. The van der Waals surface area contributed by atoms with Gasteiger partial charge in [0.25, 0.3) is 5.91 Å². The third-order valence-corrected chi connectivity index (χ3v) is 2.80. The quantitative estimate of drug-likeness (QED) is 0.919. The highest BCUT2D eigenvalue weighted by molar-refractivity contribution is 9.10. The van der Waals surface area contributed by atoms with Gasteiger partial charge in [0.05, 0.1) is 23.6 Å². The Labute approximate surface area is 116 Å². The Morgan fingerprint density at radius 3 is 2.68 bits per heavy atom. The standard InChI is InChI=1S/C12H10BrF3N2O/c1-7(4-5-17)18-11(19)9-3-2-8(13)6-10(9)12(14,15)16/h2-3,6-7H,4H2,1H3,(H,18,19). The van der Waals surface area contributed by atoms with E-state index in [1.54, 1.807) is 6.92 Å². The van der Waals surface area contributed by atoms with E-state index in [-0.39, 0.29) is 10.9 Å². The Balaban J connectivity index is 3.07. The number of benzene rings is 1. The minimum atomic E-state index is -4.62. The van der Waals surface area contributed by atoms with E-state index in [9.17, 15) is 18.0 Å². The van der Waals surface area contributed by atoms with Crippen molar-refractivity contribution < 1.29 is 18.0 Å². The molecule has 0 aliphatic carbocycles. The number of alkyl halides is 3. The molecule has 0 aliphatic rings. The SMILES string of the molecule is CC(CC#N)NC(=O)c1ccc(Br)cc1C(F)(F)F. The second kappa shape index (κ2) is 6.06. The van der Waals surface area contributed by atoms with Gasteiger partial charge in [-0.1, -0.05) is 15.9 Å². The van der Waals surface area contributed by atoms with Crippen LogP contribution in [0.5, 0.6) is 0 Å². The summed E-state index contributed by atoms with van der Waals surface area (Å²) >= 11 is 2.94. The molecule has 0 aromatic heterocycles. The molecule has 0 aliphatic heterocycles. The zero-order valence-corrected chi connectivity index (χ0v) is 11.5. The van der Waals surface area contributed by atoms with E-state index in [1.165, 1.54) is 6.07 Å². The van der Waals surface area contributed by atoms with Crippen molar-refractivity contribution in [2.24, 2.45) is 0 Å². The van der Waals surface area contributed by atoms with Crippen LogP contribution in [0.1, 0.15) is 29.3 Å². The van der Waals surface area contributed by atoms with E-state index in [1.807, 2.05) is 6.07 Å². The number of nitriles is 1. The van der Waals surface area contributed by atoms with E-state index in [0.717, 1.165) is 12.1 Å². The molecule has 1 N–H and O–H groups in total. The normalized spacial score (nSPS) is 12.6. The van der Waals surface area contributed by atoms with E-state index in [0.29, 0.717) is 0 Å². The van der Waals surface area contributed by atoms with Crippen molar-refractivity contribution in [3.05, 3.63) is 33.8 Å². The summed E-state index contributed by atoms with van der Waals surface area (Å²) in [6, 6.07) is 4.63. The summed E-state index contributed by atoms with van der Waals surface area (Å²) in [5.41, 5.74) is -1.47. The van der Waals surface area contributed by atoms with Crippen molar-refractivity contribution in [3.63, 3.8) is 0 Å². The first-order chi connectivity index (χ1) is 8.75. The van der Waals surface area contributed by atoms with Crippen LogP contribution in [0.15, 0.2) is 22.7 Å². The molecular weight excluding hydrogens is 325 g/mol. The molecule has 1 unspecified atom stereocenters. The number of hydrogen-bond acceptors (Lipinski definition) is 2. The lowest BCUT2D eigenvalue weighted by Crippen LogP contribution is -2.33. The summed E-state index contributed by atoms with van der Waals surface area (Å²) in [5.74, 6) is -0.845. The van der Waals surface area contributed by atoms with Gasteiger partial charge in [0.15, 0.2) is 0 Å². The van der Waals surface area contributed by atoms with Gasteiger partial charge < -0.3 is 5.32 Å². The van der Waals surface area contributed by atoms with Crippen molar-refractivity contribution in [3.8, 4) is 6.07 Å². The number of amides is 1. The maximum atomic E-state index is 12.8. The molecule has 102 valence electrons. The Hall–Kier alpha value is -1.55. The number of nitrogens with one attached hydrogen (secondary N) is 1. The molecule has 19 heavy (non-hydrogen) atoms. The van der Waals surface area contributed by atoms with Crippen molar-refractivity contribution >= 4 is 21.8 Å². The number of nitrogens with zero attached hydrogens (tertiary/aromatic N) is 1. The molecule has 3 nitrogen and oxygen atoms in total.